The first-order valence-electron chi connectivity index (χ1n) is 9.58. The van der Waals surface area contributed by atoms with Gasteiger partial charge < -0.3 is 5.32 Å². The Labute approximate surface area is 180 Å². The van der Waals surface area contributed by atoms with Gasteiger partial charge in [0.25, 0.3) is 11.8 Å². The van der Waals surface area contributed by atoms with Crippen molar-refractivity contribution in [2.75, 3.05) is 5.32 Å². The van der Waals surface area contributed by atoms with E-state index in [4.69, 9.17) is 0 Å². The van der Waals surface area contributed by atoms with Crippen molar-refractivity contribution in [3.05, 3.63) is 107 Å². The number of benzene rings is 3. The second-order valence-electron chi connectivity index (χ2n) is 7.14. The van der Waals surface area contributed by atoms with Crippen LogP contribution >= 0.6 is 0 Å². The second kappa shape index (κ2) is 8.30. The van der Waals surface area contributed by atoms with Gasteiger partial charge in [-0.2, -0.15) is 13.2 Å². The first kappa shape index (κ1) is 21.3. The van der Waals surface area contributed by atoms with Gasteiger partial charge in [-0.1, -0.05) is 48.5 Å². The molecule has 0 saturated carbocycles. The minimum atomic E-state index is -4.56. The number of nitrogens with one attached hydrogen (secondary N) is 1. The normalized spacial score (nSPS) is 14.3. The summed E-state index contributed by atoms with van der Waals surface area (Å²) in [7, 11) is 0. The number of halogens is 4. The summed E-state index contributed by atoms with van der Waals surface area (Å²) < 4.78 is 52.5. The van der Waals surface area contributed by atoms with Crippen molar-refractivity contribution >= 4 is 23.1 Å². The fraction of sp³-hybridized carbons (Fsp3) is 0.0833. The van der Waals surface area contributed by atoms with E-state index >= 15 is 0 Å². The van der Waals surface area contributed by atoms with Gasteiger partial charge in [-0.05, 0) is 41.5 Å². The zero-order chi connectivity index (χ0) is 22.9. The van der Waals surface area contributed by atoms with Crippen molar-refractivity contribution in [2.24, 2.45) is 0 Å². The smallest absolute Gasteiger partial charge is 0.350 e. The van der Waals surface area contributed by atoms with Gasteiger partial charge in [0.15, 0.2) is 0 Å². The van der Waals surface area contributed by atoms with Crippen molar-refractivity contribution in [1.82, 2.24) is 4.90 Å². The molecule has 0 spiro atoms. The van der Waals surface area contributed by atoms with Crippen molar-refractivity contribution in [2.45, 2.75) is 12.7 Å². The summed E-state index contributed by atoms with van der Waals surface area (Å²) in [4.78, 5) is 27.3. The van der Waals surface area contributed by atoms with Crippen LogP contribution in [0.5, 0.6) is 0 Å². The third kappa shape index (κ3) is 4.25. The predicted octanol–water partition coefficient (Wildman–Crippen LogP) is 5.24. The highest BCUT2D eigenvalue weighted by atomic mass is 19.4. The first-order chi connectivity index (χ1) is 15.2. The number of imide groups is 1. The third-order valence-corrected chi connectivity index (χ3v) is 4.94. The summed E-state index contributed by atoms with van der Waals surface area (Å²) in [6, 6.07) is 18.1. The van der Waals surface area contributed by atoms with E-state index in [1.54, 1.807) is 30.3 Å². The van der Waals surface area contributed by atoms with Crippen molar-refractivity contribution in [3.8, 4) is 0 Å². The summed E-state index contributed by atoms with van der Waals surface area (Å²) in [6.45, 7) is -0.109. The second-order valence-corrected chi connectivity index (χ2v) is 7.14. The molecular weight excluding hydrogens is 424 g/mol. The van der Waals surface area contributed by atoms with E-state index < -0.39 is 29.4 Å². The zero-order valence-electron chi connectivity index (χ0n) is 16.5. The number of hydrogen-bond acceptors (Lipinski definition) is 3. The van der Waals surface area contributed by atoms with E-state index in [1.165, 1.54) is 36.4 Å². The average Bonchev–Trinajstić information content (AvgIpc) is 2.99. The lowest BCUT2D eigenvalue weighted by Crippen LogP contribution is -2.32. The summed E-state index contributed by atoms with van der Waals surface area (Å²) in [5.74, 6) is -1.74. The van der Waals surface area contributed by atoms with Gasteiger partial charge >= 0.3 is 6.18 Å². The van der Waals surface area contributed by atoms with E-state index in [0.717, 1.165) is 17.0 Å². The molecule has 162 valence electrons. The molecule has 32 heavy (non-hydrogen) atoms. The van der Waals surface area contributed by atoms with Crippen LogP contribution in [0, 0.1) is 5.82 Å². The van der Waals surface area contributed by atoms with E-state index in [0.29, 0.717) is 11.1 Å². The molecule has 0 fully saturated rings. The van der Waals surface area contributed by atoms with Gasteiger partial charge in [-0.25, -0.2) is 4.39 Å². The summed E-state index contributed by atoms with van der Waals surface area (Å²) in [5.41, 5.74) is 0.0397. The minimum absolute atomic E-state index is 0.0213. The number of nitrogens with zero attached hydrogens (tertiary/aromatic N) is 1. The van der Waals surface area contributed by atoms with Crippen LogP contribution in [-0.2, 0) is 22.3 Å². The monoisotopic (exact) mass is 440 g/mol. The van der Waals surface area contributed by atoms with Gasteiger partial charge in [0.05, 0.1) is 17.7 Å². The van der Waals surface area contributed by atoms with Gasteiger partial charge in [-0.15, -0.1) is 0 Å². The van der Waals surface area contributed by atoms with Crippen LogP contribution < -0.4 is 5.32 Å². The Balaban J connectivity index is 1.72. The molecule has 0 atom stereocenters. The predicted molar refractivity (Wildman–Crippen MR) is 110 cm³/mol. The molecule has 3 aromatic carbocycles. The quantitative estimate of drug-likeness (QED) is 0.436. The number of carbonyl (C=O) groups excluding carboxylic acids is 2. The number of carbonyl (C=O) groups is 2. The van der Waals surface area contributed by atoms with Gasteiger partial charge in [0.2, 0.25) is 0 Å². The standard InChI is InChI=1S/C24H16F4N2O2/c25-18-11-9-15(10-12-18)14-30-22(31)20(16-5-2-1-3-6-16)21(23(30)32)29-19-8-4-7-17(13-19)24(26,27)28/h1-13,29H,14H2. The maximum Gasteiger partial charge on any atom is 0.416 e. The summed E-state index contributed by atoms with van der Waals surface area (Å²) in [5, 5.41) is 2.71. The lowest BCUT2D eigenvalue weighted by molar-refractivity contribution is -0.138. The third-order valence-electron chi connectivity index (χ3n) is 4.94. The van der Waals surface area contributed by atoms with Crippen molar-refractivity contribution in [3.63, 3.8) is 0 Å². The SMILES string of the molecule is O=C1C(Nc2cccc(C(F)(F)F)c2)=C(c2ccccc2)C(=O)N1Cc1ccc(F)cc1. The molecule has 1 heterocycles. The molecule has 4 rings (SSSR count). The van der Waals surface area contributed by atoms with Gasteiger partial charge in [0.1, 0.15) is 11.5 Å². The molecule has 8 heteroatoms. The topological polar surface area (TPSA) is 49.4 Å². The van der Waals surface area contributed by atoms with E-state index in [-0.39, 0.29) is 23.5 Å². The van der Waals surface area contributed by atoms with Crippen LogP contribution in [0.4, 0.5) is 23.2 Å². The van der Waals surface area contributed by atoms with E-state index in [1.807, 2.05) is 0 Å². The number of rotatable bonds is 5. The number of alkyl halides is 3. The average molecular weight is 440 g/mol. The van der Waals surface area contributed by atoms with Crippen LogP contribution in [0.1, 0.15) is 16.7 Å². The molecule has 4 nitrogen and oxygen atoms in total. The first-order valence-corrected chi connectivity index (χ1v) is 9.58. The lowest BCUT2D eigenvalue weighted by atomic mass is 10.0. The Morgan fingerprint density at radius 3 is 2.16 bits per heavy atom. The summed E-state index contributed by atoms with van der Waals surface area (Å²) in [6.07, 6.45) is -4.56. The van der Waals surface area contributed by atoms with Crippen LogP contribution in [-0.4, -0.2) is 16.7 Å². The Morgan fingerprint density at radius 2 is 1.50 bits per heavy atom. The number of anilines is 1. The maximum atomic E-state index is 13.2. The van der Waals surface area contributed by atoms with E-state index in [2.05, 4.69) is 5.32 Å². The minimum Gasteiger partial charge on any atom is -0.350 e. The van der Waals surface area contributed by atoms with Gasteiger partial charge in [-0.3, -0.25) is 14.5 Å². The Hall–Kier alpha value is -3.94. The molecule has 0 saturated heterocycles. The molecule has 1 N–H and O–H groups in total. The molecule has 1 aliphatic heterocycles. The fourth-order valence-corrected chi connectivity index (χ4v) is 3.40. The summed E-state index contributed by atoms with van der Waals surface area (Å²) >= 11 is 0. The number of hydrogen-bond donors (Lipinski definition) is 1. The van der Waals surface area contributed by atoms with Crippen LogP contribution in [0.15, 0.2) is 84.6 Å². The molecular formula is C24H16F4N2O2. The zero-order valence-corrected chi connectivity index (χ0v) is 16.5. The van der Waals surface area contributed by atoms with E-state index in [9.17, 15) is 27.2 Å². The highest BCUT2D eigenvalue weighted by Gasteiger charge is 2.39. The van der Waals surface area contributed by atoms with Crippen molar-refractivity contribution in [1.29, 1.82) is 0 Å². The molecule has 0 radical (unpaired) electrons. The molecule has 1 aliphatic rings. The highest BCUT2D eigenvalue weighted by Crippen LogP contribution is 2.34. The van der Waals surface area contributed by atoms with Crippen LogP contribution in [0.25, 0.3) is 5.57 Å². The molecule has 2 amide bonds. The van der Waals surface area contributed by atoms with Crippen LogP contribution in [0.2, 0.25) is 0 Å². The van der Waals surface area contributed by atoms with Crippen molar-refractivity contribution < 1.29 is 27.2 Å². The molecule has 0 bridgehead atoms. The lowest BCUT2D eigenvalue weighted by Gasteiger charge is -2.16. The Morgan fingerprint density at radius 1 is 0.812 bits per heavy atom. The van der Waals surface area contributed by atoms with Crippen LogP contribution in [0.3, 0.4) is 0 Å². The maximum absolute atomic E-state index is 13.2. The Kier molecular flexibility index (Phi) is 5.52. The largest absolute Gasteiger partial charge is 0.416 e. The molecule has 3 aromatic rings. The fourth-order valence-electron chi connectivity index (χ4n) is 3.40. The number of amides is 2. The van der Waals surface area contributed by atoms with Gasteiger partial charge in [0, 0.05) is 5.69 Å². The molecule has 0 aromatic heterocycles. The highest BCUT2D eigenvalue weighted by molar-refractivity contribution is 6.36. The molecule has 0 unspecified atom stereocenters. The Bertz CT molecular complexity index is 1200. The molecule has 0 aliphatic carbocycles.